The monoisotopic (exact) mass is 386 g/mol. The number of hydrogen-bond donors (Lipinski definition) is 2. The van der Waals surface area contributed by atoms with Crippen molar-refractivity contribution in [1.29, 1.82) is 0 Å². The van der Waals surface area contributed by atoms with Gasteiger partial charge < -0.3 is 15.3 Å². The van der Waals surface area contributed by atoms with E-state index in [1.165, 1.54) is 9.13 Å². The van der Waals surface area contributed by atoms with Crippen LogP contribution in [-0.2, 0) is 20.6 Å². The predicted molar refractivity (Wildman–Crippen MR) is 105 cm³/mol. The van der Waals surface area contributed by atoms with E-state index in [1.807, 2.05) is 18.2 Å². The normalized spacial score (nSPS) is 12.9. The quantitative estimate of drug-likeness (QED) is 0.558. The van der Waals surface area contributed by atoms with Gasteiger partial charge in [-0.25, -0.2) is 9.78 Å². The minimum absolute atomic E-state index is 0.102. The fraction of sp³-hybridized carbons (Fsp3) is 0.278. The lowest BCUT2D eigenvalue weighted by Gasteiger charge is -2.08. The van der Waals surface area contributed by atoms with Crippen molar-refractivity contribution >= 4 is 33.7 Å². The Morgan fingerprint density at radius 1 is 1.26 bits per heavy atom. The SMILES string of the molecule is CC(N)c1nc2c(c(=O)n(Cc3cc4c(Cl)cccc4[nH]3)c(=O)n2C)n1C. The van der Waals surface area contributed by atoms with Crippen LogP contribution in [0, 0.1) is 0 Å². The van der Waals surface area contributed by atoms with Crippen LogP contribution < -0.4 is 17.0 Å². The van der Waals surface area contributed by atoms with Gasteiger partial charge in [-0.1, -0.05) is 17.7 Å². The number of halogens is 1. The van der Waals surface area contributed by atoms with E-state index in [9.17, 15) is 9.59 Å². The van der Waals surface area contributed by atoms with Crippen LogP contribution in [-0.4, -0.2) is 23.7 Å². The molecule has 0 radical (unpaired) electrons. The summed E-state index contributed by atoms with van der Waals surface area (Å²) in [5.74, 6) is 0.548. The molecule has 1 atom stereocenters. The number of H-pyrrole nitrogens is 1. The maximum atomic E-state index is 13.1. The number of aromatic nitrogens is 5. The molecule has 3 heterocycles. The Kier molecular flexibility index (Phi) is 3.97. The molecule has 0 saturated carbocycles. The third kappa shape index (κ3) is 2.60. The fourth-order valence-corrected chi connectivity index (χ4v) is 3.67. The molecule has 4 rings (SSSR count). The lowest BCUT2D eigenvalue weighted by atomic mass is 10.2. The number of imidazole rings is 1. The maximum absolute atomic E-state index is 13.1. The molecular formula is C18H19ClN6O2. The molecule has 4 aromatic rings. The van der Waals surface area contributed by atoms with E-state index < -0.39 is 11.2 Å². The lowest BCUT2D eigenvalue weighted by Crippen LogP contribution is -2.39. The first-order valence-electron chi connectivity index (χ1n) is 8.47. The first-order valence-corrected chi connectivity index (χ1v) is 8.85. The molecule has 0 spiro atoms. The molecule has 0 fully saturated rings. The summed E-state index contributed by atoms with van der Waals surface area (Å²) in [4.78, 5) is 33.4. The summed E-state index contributed by atoms with van der Waals surface area (Å²) in [5.41, 5.74) is 7.34. The molecule has 9 heteroatoms. The molecule has 0 aliphatic carbocycles. The first kappa shape index (κ1) is 17.6. The van der Waals surface area contributed by atoms with Crippen molar-refractivity contribution < 1.29 is 0 Å². The van der Waals surface area contributed by atoms with Crippen LogP contribution in [0.3, 0.4) is 0 Å². The van der Waals surface area contributed by atoms with Gasteiger partial charge in [-0.2, -0.15) is 0 Å². The average molecular weight is 387 g/mol. The maximum Gasteiger partial charge on any atom is 0.332 e. The zero-order valence-electron chi connectivity index (χ0n) is 15.2. The molecule has 0 aliphatic rings. The standard InChI is InChI=1S/C18H19ClN6O2/c1-9(20)15-22-16-14(23(15)2)17(26)25(18(27)24(16)3)8-10-7-11-12(19)5-4-6-13(11)21-10/h4-7,9,21H,8,20H2,1-3H3. The third-order valence-electron chi connectivity index (χ3n) is 4.80. The molecular weight excluding hydrogens is 368 g/mol. The van der Waals surface area contributed by atoms with Gasteiger partial charge in [0.1, 0.15) is 5.82 Å². The van der Waals surface area contributed by atoms with Gasteiger partial charge in [-0.15, -0.1) is 0 Å². The molecule has 1 aromatic carbocycles. The van der Waals surface area contributed by atoms with Crippen LogP contribution in [0.25, 0.3) is 22.1 Å². The van der Waals surface area contributed by atoms with Crippen molar-refractivity contribution in [3.8, 4) is 0 Å². The topological polar surface area (TPSA) is 104 Å². The summed E-state index contributed by atoms with van der Waals surface area (Å²) in [6.07, 6.45) is 0. The summed E-state index contributed by atoms with van der Waals surface area (Å²) < 4.78 is 4.21. The molecule has 140 valence electrons. The molecule has 3 N–H and O–H groups in total. The van der Waals surface area contributed by atoms with E-state index in [4.69, 9.17) is 17.3 Å². The van der Waals surface area contributed by atoms with Crippen LogP contribution >= 0.6 is 11.6 Å². The minimum Gasteiger partial charge on any atom is -0.357 e. The number of nitrogens with one attached hydrogen (secondary N) is 1. The molecule has 0 aliphatic heterocycles. The summed E-state index contributed by atoms with van der Waals surface area (Å²) in [7, 11) is 3.33. The van der Waals surface area contributed by atoms with Gasteiger partial charge in [-0.05, 0) is 25.1 Å². The first-order chi connectivity index (χ1) is 12.8. The van der Waals surface area contributed by atoms with Gasteiger partial charge in [0.25, 0.3) is 5.56 Å². The Morgan fingerprint density at radius 3 is 2.67 bits per heavy atom. The largest absolute Gasteiger partial charge is 0.357 e. The van der Waals surface area contributed by atoms with Crippen molar-refractivity contribution in [2.75, 3.05) is 0 Å². The van der Waals surface area contributed by atoms with Crippen LogP contribution in [0.2, 0.25) is 5.02 Å². The summed E-state index contributed by atoms with van der Waals surface area (Å²) in [5, 5.41) is 1.46. The van der Waals surface area contributed by atoms with Crippen LogP contribution in [0.15, 0.2) is 33.9 Å². The van der Waals surface area contributed by atoms with Crippen molar-refractivity contribution in [2.24, 2.45) is 19.8 Å². The van der Waals surface area contributed by atoms with E-state index >= 15 is 0 Å². The predicted octanol–water partition coefficient (Wildman–Crippen LogP) is 1.64. The van der Waals surface area contributed by atoms with Gasteiger partial charge in [-0.3, -0.25) is 13.9 Å². The van der Waals surface area contributed by atoms with Crippen molar-refractivity contribution in [3.63, 3.8) is 0 Å². The number of nitrogens with two attached hydrogens (primary N) is 1. The number of aryl methyl sites for hydroxylation is 2. The summed E-state index contributed by atoms with van der Waals surface area (Å²) in [6.45, 7) is 1.89. The highest BCUT2D eigenvalue weighted by Crippen LogP contribution is 2.24. The fourth-order valence-electron chi connectivity index (χ4n) is 3.44. The molecule has 8 nitrogen and oxygen atoms in total. The molecule has 0 amide bonds. The van der Waals surface area contributed by atoms with Crippen LogP contribution in [0.5, 0.6) is 0 Å². The van der Waals surface area contributed by atoms with Crippen molar-refractivity contribution in [3.05, 3.63) is 61.6 Å². The van der Waals surface area contributed by atoms with Crippen LogP contribution in [0.4, 0.5) is 0 Å². The van der Waals surface area contributed by atoms with E-state index in [0.29, 0.717) is 27.7 Å². The molecule has 0 saturated heterocycles. The average Bonchev–Trinajstić information content (AvgIpc) is 3.19. The molecule has 27 heavy (non-hydrogen) atoms. The van der Waals surface area contributed by atoms with E-state index in [-0.39, 0.29) is 12.6 Å². The van der Waals surface area contributed by atoms with Gasteiger partial charge in [0.2, 0.25) is 0 Å². The highest BCUT2D eigenvalue weighted by Gasteiger charge is 2.20. The zero-order valence-corrected chi connectivity index (χ0v) is 15.9. The summed E-state index contributed by atoms with van der Waals surface area (Å²) >= 11 is 6.21. The smallest absolute Gasteiger partial charge is 0.332 e. The number of aromatic amines is 1. The number of rotatable bonds is 3. The highest BCUT2D eigenvalue weighted by atomic mass is 35.5. The van der Waals surface area contributed by atoms with Gasteiger partial charge in [0.05, 0.1) is 12.6 Å². The summed E-state index contributed by atoms with van der Waals surface area (Å²) in [6, 6.07) is 7.02. The van der Waals surface area contributed by atoms with E-state index in [0.717, 1.165) is 10.9 Å². The Bertz CT molecular complexity index is 1310. The Morgan fingerprint density at radius 2 is 2.00 bits per heavy atom. The van der Waals surface area contributed by atoms with Crippen molar-refractivity contribution in [1.82, 2.24) is 23.7 Å². The zero-order chi connectivity index (χ0) is 19.5. The second-order valence-corrected chi connectivity index (χ2v) is 7.13. The number of benzene rings is 1. The minimum atomic E-state index is -0.438. The molecule has 0 bridgehead atoms. The number of hydrogen-bond acceptors (Lipinski definition) is 4. The Hall–Kier alpha value is -2.84. The van der Waals surface area contributed by atoms with Gasteiger partial charge >= 0.3 is 5.69 Å². The van der Waals surface area contributed by atoms with Crippen LogP contribution in [0.1, 0.15) is 24.5 Å². The third-order valence-corrected chi connectivity index (χ3v) is 5.13. The second kappa shape index (κ2) is 6.11. The van der Waals surface area contributed by atoms with Gasteiger partial charge in [0.15, 0.2) is 11.2 Å². The number of nitrogens with zero attached hydrogens (tertiary/aromatic N) is 4. The second-order valence-electron chi connectivity index (χ2n) is 6.72. The lowest BCUT2D eigenvalue weighted by molar-refractivity contribution is 0.647. The molecule has 1 unspecified atom stereocenters. The van der Waals surface area contributed by atoms with Crippen molar-refractivity contribution in [2.45, 2.75) is 19.5 Å². The molecule has 3 aromatic heterocycles. The van der Waals surface area contributed by atoms with E-state index in [1.54, 1.807) is 31.7 Å². The van der Waals surface area contributed by atoms with E-state index in [2.05, 4.69) is 9.97 Å². The van der Waals surface area contributed by atoms with Gasteiger partial charge in [0, 0.05) is 35.7 Å². The Balaban J connectivity index is 1.93. The highest BCUT2D eigenvalue weighted by molar-refractivity contribution is 6.35. The number of fused-ring (bicyclic) bond motifs is 2. The Labute approximate surface area is 158 Å².